The van der Waals surface area contributed by atoms with Crippen molar-refractivity contribution < 1.29 is 4.42 Å². The van der Waals surface area contributed by atoms with Crippen LogP contribution in [0.1, 0.15) is 0 Å². The highest BCUT2D eigenvalue weighted by Crippen LogP contribution is 2.43. The van der Waals surface area contributed by atoms with E-state index in [1.54, 1.807) is 0 Å². The number of aromatic nitrogens is 1. The van der Waals surface area contributed by atoms with E-state index < -0.39 is 0 Å². The molecule has 2 nitrogen and oxygen atoms in total. The van der Waals surface area contributed by atoms with Crippen LogP contribution in [0.2, 0.25) is 0 Å². The van der Waals surface area contributed by atoms with E-state index in [9.17, 15) is 0 Å². The first-order valence-electron chi connectivity index (χ1n) is 16.7. The molecule has 2 aromatic heterocycles. The first kappa shape index (κ1) is 27.6. The van der Waals surface area contributed by atoms with Crippen LogP contribution in [0.3, 0.4) is 0 Å². The van der Waals surface area contributed by atoms with Gasteiger partial charge in [-0.15, -0.1) is 0 Å². The molecule has 10 aromatic rings. The van der Waals surface area contributed by atoms with Crippen molar-refractivity contribution >= 4 is 54.3 Å². The quantitative estimate of drug-likeness (QED) is 0.182. The fraction of sp³-hybridized carbons (Fsp3) is 0. The molecule has 0 aliphatic carbocycles. The van der Waals surface area contributed by atoms with Crippen LogP contribution in [0.5, 0.6) is 0 Å². The van der Waals surface area contributed by atoms with E-state index in [0.717, 1.165) is 49.9 Å². The number of pyridine rings is 1. The second-order valence-electron chi connectivity index (χ2n) is 12.7. The van der Waals surface area contributed by atoms with Gasteiger partial charge in [-0.1, -0.05) is 140 Å². The molecule has 10 rings (SSSR count). The van der Waals surface area contributed by atoms with E-state index in [1.165, 1.54) is 49.0 Å². The van der Waals surface area contributed by atoms with Crippen molar-refractivity contribution in [1.29, 1.82) is 0 Å². The summed E-state index contributed by atoms with van der Waals surface area (Å²) >= 11 is 0. The molecule has 0 aliphatic heterocycles. The Morgan fingerprint density at radius 2 is 0.857 bits per heavy atom. The largest absolute Gasteiger partial charge is 0.456 e. The fourth-order valence-corrected chi connectivity index (χ4v) is 7.54. The van der Waals surface area contributed by atoms with Gasteiger partial charge in [0.1, 0.15) is 11.2 Å². The standard InChI is InChI=1S/C47H29NO/c1-2-10-32(11-3-1)46-37-14-6-8-16-39(37)47(40-17-9-7-15-38(40)46)36-22-24-43(48-29-36)31-20-18-30(19-21-31)35-23-25-44-41(27-35)42-26-33-12-4-5-13-34(33)28-45(42)49-44/h1-29H. The fourth-order valence-electron chi connectivity index (χ4n) is 7.54. The van der Waals surface area contributed by atoms with Gasteiger partial charge < -0.3 is 4.42 Å². The van der Waals surface area contributed by atoms with Crippen LogP contribution in [0.25, 0.3) is 98.9 Å². The molecule has 228 valence electrons. The zero-order valence-corrected chi connectivity index (χ0v) is 26.6. The number of nitrogens with zero attached hydrogens (tertiary/aromatic N) is 1. The Balaban J connectivity index is 1.02. The summed E-state index contributed by atoms with van der Waals surface area (Å²) in [6, 6.07) is 60.6. The summed E-state index contributed by atoms with van der Waals surface area (Å²) in [6.07, 6.45) is 2.03. The van der Waals surface area contributed by atoms with Crippen LogP contribution in [0.15, 0.2) is 180 Å². The Labute approximate surface area is 283 Å². The maximum atomic E-state index is 6.23. The van der Waals surface area contributed by atoms with Crippen molar-refractivity contribution in [2.24, 2.45) is 0 Å². The van der Waals surface area contributed by atoms with Crippen molar-refractivity contribution in [3.63, 3.8) is 0 Å². The van der Waals surface area contributed by atoms with E-state index in [1.807, 2.05) is 6.20 Å². The Morgan fingerprint density at radius 3 is 1.51 bits per heavy atom. The minimum Gasteiger partial charge on any atom is -0.456 e. The van der Waals surface area contributed by atoms with Gasteiger partial charge in [0.15, 0.2) is 0 Å². The molecule has 8 aromatic carbocycles. The third-order valence-electron chi connectivity index (χ3n) is 9.90. The first-order chi connectivity index (χ1) is 24.3. The van der Waals surface area contributed by atoms with Crippen molar-refractivity contribution in [2.75, 3.05) is 0 Å². The summed E-state index contributed by atoms with van der Waals surface area (Å²) in [5.74, 6) is 0. The zero-order chi connectivity index (χ0) is 32.3. The molecule has 0 radical (unpaired) electrons. The molecular formula is C47H29NO. The lowest BCUT2D eigenvalue weighted by atomic mass is 9.86. The number of benzene rings is 8. The summed E-state index contributed by atoms with van der Waals surface area (Å²) in [4.78, 5) is 5.00. The predicted octanol–water partition coefficient (Wildman–Crippen LogP) is 13.1. The van der Waals surface area contributed by atoms with Crippen LogP contribution in [-0.2, 0) is 0 Å². The van der Waals surface area contributed by atoms with Crippen LogP contribution in [0.4, 0.5) is 0 Å². The van der Waals surface area contributed by atoms with E-state index in [4.69, 9.17) is 9.40 Å². The summed E-state index contributed by atoms with van der Waals surface area (Å²) in [7, 11) is 0. The molecule has 0 bridgehead atoms. The Hall–Kier alpha value is -6.51. The van der Waals surface area contributed by atoms with Gasteiger partial charge in [-0.05, 0) is 90.5 Å². The molecule has 0 atom stereocenters. The minimum absolute atomic E-state index is 0.908. The van der Waals surface area contributed by atoms with Gasteiger partial charge in [0.2, 0.25) is 0 Å². The summed E-state index contributed by atoms with van der Waals surface area (Å²) < 4.78 is 6.23. The molecule has 0 amide bonds. The Bertz CT molecular complexity index is 2790. The molecule has 0 fully saturated rings. The third kappa shape index (κ3) is 4.53. The zero-order valence-electron chi connectivity index (χ0n) is 26.6. The SMILES string of the molecule is c1ccc(-c2c3ccccc3c(-c3ccc(-c4ccc(-c5ccc6oc7cc8ccccc8cc7c6c5)cc4)nc3)c3ccccc23)cc1. The minimum atomic E-state index is 0.908. The molecule has 0 aliphatic rings. The molecule has 2 heteroatoms. The molecule has 0 saturated carbocycles. The average molecular weight is 624 g/mol. The molecular weight excluding hydrogens is 595 g/mol. The molecule has 0 unspecified atom stereocenters. The second-order valence-corrected chi connectivity index (χ2v) is 12.7. The van der Waals surface area contributed by atoms with E-state index in [0.29, 0.717) is 0 Å². The van der Waals surface area contributed by atoms with Gasteiger partial charge in [0.05, 0.1) is 5.69 Å². The van der Waals surface area contributed by atoms with Crippen LogP contribution in [-0.4, -0.2) is 4.98 Å². The first-order valence-corrected chi connectivity index (χ1v) is 16.7. The van der Waals surface area contributed by atoms with Gasteiger partial charge in [0, 0.05) is 28.1 Å². The number of hydrogen-bond donors (Lipinski definition) is 0. The number of hydrogen-bond acceptors (Lipinski definition) is 2. The number of fused-ring (bicyclic) bond motifs is 6. The van der Waals surface area contributed by atoms with Crippen LogP contribution >= 0.6 is 0 Å². The van der Waals surface area contributed by atoms with Gasteiger partial charge in [0.25, 0.3) is 0 Å². The van der Waals surface area contributed by atoms with Gasteiger partial charge in [-0.3, -0.25) is 4.98 Å². The smallest absolute Gasteiger partial charge is 0.136 e. The van der Waals surface area contributed by atoms with E-state index in [2.05, 4.69) is 170 Å². The van der Waals surface area contributed by atoms with Crippen LogP contribution in [0, 0.1) is 0 Å². The van der Waals surface area contributed by atoms with Crippen molar-refractivity contribution in [3.8, 4) is 44.6 Å². The Morgan fingerprint density at radius 1 is 0.327 bits per heavy atom. The van der Waals surface area contributed by atoms with Gasteiger partial charge in [-0.25, -0.2) is 0 Å². The second kappa shape index (κ2) is 11.0. The van der Waals surface area contributed by atoms with Crippen LogP contribution < -0.4 is 0 Å². The summed E-state index contributed by atoms with van der Waals surface area (Å²) in [5, 5.41) is 9.65. The van der Waals surface area contributed by atoms with Crippen molar-refractivity contribution in [2.45, 2.75) is 0 Å². The highest BCUT2D eigenvalue weighted by Gasteiger charge is 2.17. The monoisotopic (exact) mass is 623 g/mol. The third-order valence-corrected chi connectivity index (χ3v) is 9.90. The lowest BCUT2D eigenvalue weighted by molar-refractivity contribution is 0.669. The molecule has 2 heterocycles. The lowest BCUT2D eigenvalue weighted by Gasteiger charge is -2.17. The van der Waals surface area contributed by atoms with Gasteiger partial charge >= 0.3 is 0 Å². The molecule has 49 heavy (non-hydrogen) atoms. The molecule has 0 saturated heterocycles. The topological polar surface area (TPSA) is 26.0 Å². The highest BCUT2D eigenvalue weighted by atomic mass is 16.3. The van der Waals surface area contributed by atoms with Crippen molar-refractivity contribution in [3.05, 3.63) is 176 Å². The van der Waals surface area contributed by atoms with E-state index in [-0.39, 0.29) is 0 Å². The average Bonchev–Trinajstić information content (AvgIpc) is 3.53. The maximum Gasteiger partial charge on any atom is 0.136 e. The van der Waals surface area contributed by atoms with E-state index >= 15 is 0 Å². The summed E-state index contributed by atoms with van der Waals surface area (Å²) in [6.45, 7) is 0. The predicted molar refractivity (Wildman–Crippen MR) is 206 cm³/mol. The Kier molecular flexibility index (Phi) is 6.22. The highest BCUT2D eigenvalue weighted by molar-refractivity contribution is 6.21. The lowest BCUT2D eigenvalue weighted by Crippen LogP contribution is -1.92. The summed E-state index contributed by atoms with van der Waals surface area (Å²) in [5.41, 5.74) is 11.0. The van der Waals surface area contributed by atoms with Gasteiger partial charge in [-0.2, -0.15) is 0 Å². The maximum absolute atomic E-state index is 6.23. The van der Waals surface area contributed by atoms with Crippen molar-refractivity contribution in [1.82, 2.24) is 4.98 Å². The number of rotatable bonds is 4. The molecule has 0 N–H and O–H groups in total. The molecule has 0 spiro atoms. The normalized spacial score (nSPS) is 11.7. The number of furan rings is 1.